The van der Waals surface area contributed by atoms with Gasteiger partial charge in [-0.25, -0.2) is 8.42 Å². The molecule has 3 rings (SSSR count). The highest BCUT2D eigenvalue weighted by atomic mass is 79.9. The minimum atomic E-state index is -3.35. The predicted octanol–water partition coefficient (Wildman–Crippen LogP) is 3.48. The Balaban J connectivity index is 1.62. The van der Waals surface area contributed by atoms with Crippen LogP contribution in [-0.4, -0.2) is 49.8 Å². The Morgan fingerprint density at radius 2 is 1.43 bits per heavy atom. The summed E-state index contributed by atoms with van der Waals surface area (Å²) >= 11 is 3.35. The van der Waals surface area contributed by atoms with Crippen LogP contribution in [0.3, 0.4) is 0 Å². The lowest BCUT2D eigenvalue weighted by Crippen LogP contribution is -2.51. The zero-order valence-electron chi connectivity index (χ0n) is 13.5. The molecule has 1 aliphatic heterocycles. The molecule has 1 aromatic carbocycles. The first-order valence-corrected chi connectivity index (χ1v) is 10.8. The Kier molecular flexibility index (Phi) is 5.78. The van der Waals surface area contributed by atoms with Gasteiger partial charge in [0, 0.05) is 36.7 Å². The van der Waals surface area contributed by atoms with Crippen molar-refractivity contribution in [2.24, 2.45) is 0 Å². The van der Waals surface area contributed by atoms with Crippen molar-refractivity contribution in [2.75, 3.05) is 26.2 Å². The van der Waals surface area contributed by atoms with Crippen molar-refractivity contribution >= 4 is 26.0 Å². The summed E-state index contributed by atoms with van der Waals surface area (Å²) in [5.74, 6) is 0. The van der Waals surface area contributed by atoms with Crippen LogP contribution in [0.5, 0.6) is 0 Å². The number of halogens is 1. The summed E-state index contributed by atoms with van der Waals surface area (Å²) < 4.78 is 28.0. The maximum Gasteiger partial charge on any atom is 0.243 e. The SMILES string of the molecule is O=S(=O)(c1ccc(Br)cc1)N1CCN(C2CCCCCC2)CC1. The van der Waals surface area contributed by atoms with E-state index in [1.54, 1.807) is 28.6 Å². The van der Waals surface area contributed by atoms with Gasteiger partial charge >= 0.3 is 0 Å². The van der Waals surface area contributed by atoms with Crippen LogP contribution in [0.2, 0.25) is 0 Å². The molecule has 1 aliphatic carbocycles. The van der Waals surface area contributed by atoms with Crippen LogP contribution < -0.4 is 0 Å². The summed E-state index contributed by atoms with van der Waals surface area (Å²) in [5.41, 5.74) is 0. The third kappa shape index (κ3) is 4.16. The van der Waals surface area contributed by atoms with Crippen LogP contribution >= 0.6 is 15.9 Å². The normalized spacial score (nSPS) is 22.8. The van der Waals surface area contributed by atoms with Gasteiger partial charge in [0.15, 0.2) is 0 Å². The maximum atomic E-state index is 12.7. The molecule has 0 unspecified atom stereocenters. The van der Waals surface area contributed by atoms with Gasteiger partial charge in [-0.3, -0.25) is 4.90 Å². The summed E-state index contributed by atoms with van der Waals surface area (Å²) in [7, 11) is -3.35. The summed E-state index contributed by atoms with van der Waals surface area (Å²) in [6.45, 7) is 2.94. The highest BCUT2D eigenvalue weighted by molar-refractivity contribution is 9.10. The highest BCUT2D eigenvalue weighted by Crippen LogP contribution is 2.25. The van der Waals surface area contributed by atoms with E-state index in [4.69, 9.17) is 0 Å². The van der Waals surface area contributed by atoms with Gasteiger partial charge < -0.3 is 0 Å². The average molecular weight is 401 g/mol. The Bertz CT molecular complexity index is 602. The van der Waals surface area contributed by atoms with Crippen LogP contribution in [0.1, 0.15) is 38.5 Å². The molecule has 0 aromatic heterocycles. The Labute approximate surface area is 148 Å². The topological polar surface area (TPSA) is 40.6 Å². The van der Waals surface area contributed by atoms with Crippen molar-refractivity contribution in [1.82, 2.24) is 9.21 Å². The Hall–Kier alpha value is -0.430. The number of hydrogen-bond donors (Lipinski definition) is 0. The van der Waals surface area contributed by atoms with Gasteiger partial charge in [-0.15, -0.1) is 0 Å². The zero-order valence-corrected chi connectivity index (χ0v) is 15.9. The van der Waals surface area contributed by atoms with Gasteiger partial charge in [-0.1, -0.05) is 41.6 Å². The molecule has 6 heteroatoms. The van der Waals surface area contributed by atoms with E-state index in [1.807, 2.05) is 0 Å². The second-order valence-electron chi connectivity index (χ2n) is 6.54. The molecule has 0 radical (unpaired) electrons. The third-order valence-corrected chi connectivity index (χ3v) is 7.51. The van der Waals surface area contributed by atoms with E-state index in [2.05, 4.69) is 20.8 Å². The predicted molar refractivity (Wildman–Crippen MR) is 96.0 cm³/mol. The second kappa shape index (κ2) is 7.64. The molecular weight excluding hydrogens is 376 g/mol. The van der Waals surface area contributed by atoms with Crippen molar-refractivity contribution in [3.63, 3.8) is 0 Å². The van der Waals surface area contributed by atoms with Crippen LogP contribution in [0.25, 0.3) is 0 Å². The number of piperazine rings is 1. The Morgan fingerprint density at radius 1 is 0.870 bits per heavy atom. The standard InChI is InChI=1S/C17H25BrN2O2S/c18-15-7-9-17(10-8-15)23(21,22)20-13-11-19(12-14-20)16-5-3-1-2-4-6-16/h7-10,16H,1-6,11-14H2. The first kappa shape index (κ1) is 17.4. The molecule has 23 heavy (non-hydrogen) atoms. The molecule has 1 saturated carbocycles. The van der Waals surface area contributed by atoms with E-state index in [0.29, 0.717) is 24.0 Å². The molecule has 128 valence electrons. The van der Waals surface area contributed by atoms with Gasteiger partial charge in [0.25, 0.3) is 0 Å². The molecule has 1 saturated heterocycles. The van der Waals surface area contributed by atoms with Gasteiger partial charge in [0.1, 0.15) is 0 Å². The van der Waals surface area contributed by atoms with Crippen LogP contribution in [0.15, 0.2) is 33.6 Å². The van der Waals surface area contributed by atoms with Crippen LogP contribution in [0, 0.1) is 0 Å². The fourth-order valence-electron chi connectivity index (χ4n) is 3.69. The summed E-state index contributed by atoms with van der Waals surface area (Å²) in [4.78, 5) is 2.91. The van der Waals surface area contributed by atoms with Crippen molar-refractivity contribution < 1.29 is 8.42 Å². The quantitative estimate of drug-likeness (QED) is 0.729. The lowest BCUT2D eigenvalue weighted by atomic mass is 10.1. The number of rotatable bonds is 3. The van der Waals surface area contributed by atoms with E-state index < -0.39 is 10.0 Å². The highest BCUT2D eigenvalue weighted by Gasteiger charge is 2.31. The Morgan fingerprint density at radius 3 is 2.00 bits per heavy atom. The molecule has 0 atom stereocenters. The lowest BCUT2D eigenvalue weighted by molar-refractivity contribution is 0.126. The van der Waals surface area contributed by atoms with E-state index in [1.165, 1.54) is 38.5 Å². The fourth-order valence-corrected chi connectivity index (χ4v) is 5.37. The van der Waals surface area contributed by atoms with Crippen molar-refractivity contribution in [1.29, 1.82) is 0 Å². The number of benzene rings is 1. The fraction of sp³-hybridized carbons (Fsp3) is 0.647. The maximum absolute atomic E-state index is 12.7. The smallest absolute Gasteiger partial charge is 0.243 e. The third-order valence-electron chi connectivity index (χ3n) is 5.07. The van der Waals surface area contributed by atoms with Crippen molar-refractivity contribution in [3.8, 4) is 0 Å². The van der Waals surface area contributed by atoms with Crippen molar-refractivity contribution in [2.45, 2.75) is 49.5 Å². The first-order chi connectivity index (χ1) is 11.1. The molecular formula is C17H25BrN2O2S. The van der Waals surface area contributed by atoms with E-state index in [9.17, 15) is 8.42 Å². The van der Waals surface area contributed by atoms with Gasteiger partial charge in [0.2, 0.25) is 10.0 Å². The van der Waals surface area contributed by atoms with Crippen molar-refractivity contribution in [3.05, 3.63) is 28.7 Å². The minimum absolute atomic E-state index is 0.392. The molecule has 0 spiro atoms. The molecule has 0 N–H and O–H groups in total. The largest absolute Gasteiger partial charge is 0.298 e. The molecule has 2 fully saturated rings. The summed E-state index contributed by atoms with van der Waals surface area (Å²) in [6, 6.07) is 7.59. The van der Waals surface area contributed by atoms with E-state index >= 15 is 0 Å². The van der Waals surface area contributed by atoms with Gasteiger partial charge in [-0.2, -0.15) is 4.31 Å². The molecule has 1 aromatic rings. The molecule has 0 amide bonds. The lowest BCUT2D eigenvalue weighted by Gasteiger charge is -2.38. The first-order valence-electron chi connectivity index (χ1n) is 8.57. The number of sulfonamides is 1. The monoisotopic (exact) mass is 400 g/mol. The van der Waals surface area contributed by atoms with Gasteiger partial charge in [-0.05, 0) is 37.1 Å². The summed E-state index contributed by atoms with van der Waals surface area (Å²) in [5, 5.41) is 0. The van der Waals surface area contributed by atoms with Crippen LogP contribution in [0.4, 0.5) is 0 Å². The summed E-state index contributed by atoms with van der Waals surface area (Å²) in [6.07, 6.45) is 7.91. The molecule has 0 bridgehead atoms. The van der Waals surface area contributed by atoms with Gasteiger partial charge in [0.05, 0.1) is 4.90 Å². The molecule has 2 aliphatic rings. The average Bonchev–Trinajstić information content (AvgIpc) is 2.85. The van der Waals surface area contributed by atoms with E-state index in [0.717, 1.165) is 17.6 Å². The molecule has 4 nitrogen and oxygen atoms in total. The number of nitrogens with zero attached hydrogens (tertiary/aromatic N) is 2. The second-order valence-corrected chi connectivity index (χ2v) is 9.39. The number of hydrogen-bond acceptors (Lipinski definition) is 3. The van der Waals surface area contributed by atoms with Crippen LogP contribution in [-0.2, 0) is 10.0 Å². The molecule has 1 heterocycles. The minimum Gasteiger partial charge on any atom is -0.298 e. The van der Waals surface area contributed by atoms with E-state index in [-0.39, 0.29) is 0 Å². The zero-order chi connectivity index (χ0) is 16.3.